The molecule has 3 heterocycles. The first-order valence-corrected chi connectivity index (χ1v) is 9.81. The van der Waals surface area contributed by atoms with E-state index in [1.54, 1.807) is 6.20 Å². The molecule has 8 nitrogen and oxygen atoms in total. The second kappa shape index (κ2) is 8.28. The van der Waals surface area contributed by atoms with E-state index >= 15 is 0 Å². The molecule has 0 amide bonds. The fourth-order valence-electron chi connectivity index (χ4n) is 3.57. The van der Waals surface area contributed by atoms with E-state index in [4.69, 9.17) is 21.1 Å². The number of hydrogen-bond donors (Lipinski definition) is 1. The molecule has 9 heteroatoms. The Morgan fingerprint density at radius 2 is 2.00 bits per heavy atom. The van der Waals surface area contributed by atoms with E-state index in [0.29, 0.717) is 18.9 Å². The lowest BCUT2D eigenvalue weighted by Gasteiger charge is -2.38. The highest BCUT2D eigenvalue weighted by Crippen LogP contribution is 2.39. The zero-order chi connectivity index (χ0) is 19.5. The van der Waals surface area contributed by atoms with Crippen LogP contribution in [0.2, 0.25) is 5.02 Å². The Hall–Kier alpha value is -2.45. The number of likely N-dealkylation sites (N-methyl/N-ethyl adjacent to an activating group) is 1. The number of anilines is 2. The molecule has 1 aromatic carbocycles. The van der Waals surface area contributed by atoms with Gasteiger partial charge < -0.3 is 19.3 Å². The van der Waals surface area contributed by atoms with Crippen LogP contribution in [0.5, 0.6) is 11.5 Å². The number of para-hydroxylation sites is 1. The predicted octanol–water partition coefficient (Wildman–Crippen LogP) is 1.45. The Morgan fingerprint density at radius 1 is 1.21 bits per heavy atom. The molecule has 1 saturated heterocycles. The van der Waals surface area contributed by atoms with E-state index in [9.17, 15) is 4.79 Å². The zero-order valence-corrected chi connectivity index (χ0v) is 16.6. The van der Waals surface area contributed by atoms with Crippen LogP contribution in [0.3, 0.4) is 0 Å². The van der Waals surface area contributed by atoms with Gasteiger partial charge in [0.2, 0.25) is 0 Å². The molecule has 0 radical (unpaired) electrons. The van der Waals surface area contributed by atoms with E-state index in [1.807, 2.05) is 24.1 Å². The minimum atomic E-state index is -0.364. The number of piperazine rings is 1. The van der Waals surface area contributed by atoms with Gasteiger partial charge in [0.05, 0.1) is 17.6 Å². The fourth-order valence-corrected chi connectivity index (χ4v) is 3.81. The number of benzene rings is 1. The van der Waals surface area contributed by atoms with Crippen molar-refractivity contribution in [3.8, 4) is 11.5 Å². The molecule has 28 heavy (non-hydrogen) atoms. The van der Waals surface area contributed by atoms with Gasteiger partial charge in [-0.3, -0.25) is 9.69 Å². The van der Waals surface area contributed by atoms with E-state index < -0.39 is 0 Å². The summed E-state index contributed by atoms with van der Waals surface area (Å²) < 4.78 is 11.5. The van der Waals surface area contributed by atoms with E-state index in [-0.39, 0.29) is 10.6 Å². The molecule has 1 fully saturated rings. The summed E-state index contributed by atoms with van der Waals surface area (Å²) in [4.78, 5) is 18.3. The largest absolute Gasteiger partial charge is 0.486 e. The summed E-state index contributed by atoms with van der Waals surface area (Å²) in [6, 6.07) is 6.07. The molecule has 1 N–H and O–H groups in total. The minimum Gasteiger partial charge on any atom is -0.486 e. The van der Waals surface area contributed by atoms with Crippen LogP contribution in [-0.4, -0.2) is 74.6 Å². The molecule has 2 aliphatic rings. The molecule has 1 aromatic heterocycles. The Labute approximate surface area is 168 Å². The minimum absolute atomic E-state index is 0.179. The Morgan fingerprint density at radius 3 is 2.82 bits per heavy atom. The lowest BCUT2D eigenvalue weighted by Crippen LogP contribution is -2.48. The predicted molar refractivity (Wildman–Crippen MR) is 109 cm³/mol. The number of ether oxygens (including phenoxy) is 2. The van der Waals surface area contributed by atoms with Gasteiger partial charge in [-0.2, -0.15) is 5.10 Å². The smallest absolute Gasteiger partial charge is 0.285 e. The second-order valence-electron chi connectivity index (χ2n) is 6.95. The van der Waals surface area contributed by atoms with Crippen molar-refractivity contribution in [2.45, 2.75) is 0 Å². The third kappa shape index (κ3) is 3.88. The summed E-state index contributed by atoms with van der Waals surface area (Å²) >= 11 is 6.09. The maximum atomic E-state index is 11.6. The van der Waals surface area contributed by atoms with Crippen LogP contribution in [0.4, 0.5) is 11.4 Å². The summed E-state index contributed by atoms with van der Waals surface area (Å²) in [5, 5.41) is 6.36. The quantitative estimate of drug-likeness (QED) is 0.807. The number of nitrogens with zero attached hydrogens (tertiary/aromatic N) is 4. The third-order valence-corrected chi connectivity index (χ3v) is 5.56. The highest BCUT2D eigenvalue weighted by Gasteiger charge is 2.23. The van der Waals surface area contributed by atoms with Gasteiger partial charge in [-0.05, 0) is 12.1 Å². The number of H-pyrrole nitrogens is 1. The summed E-state index contributed by atoms with van der Waals surface area (Å²) in [5.41, 5.74) is 1.39. The molecule has 2 aliphatic heterocycles. The number of rotatable bonds is 5. The summed E-state index contributed by atoms with van der Waals surface area (Å²) in [5.74, 6) is 1.69. The molecule has 0 atom stereocenters. The van der Waals surface area contributed by atoms with Crippen molar-refractivity contribution in [2.24, 2.45) is 0 Å². The van der Waals surface area contributed by atoms with Crippen molar-refractivity contribution in [3.63, 3.8) is 0 Å². The maximum absolute atomic E-state index is 11.6. The number of hydrogen-bond acceptors (Lipinski definition) is 7. The molecular formula is C19H24ClN5O3. The van der Waals surface area contributed by atoms with Gasteiger partial charge in [-0.25, -0.2) is 5.10 Å². The van der Waals surface area contributed by atoms with Crippen LogP contribution in [0, 0.1) is 0 Å². The lowest BCUT2D eigenvalue weighted by molar-refractivity contribution is 0.171. The summed E-state index contributed by atoms with van der Waals surface area (Å²) in [6.07, 6.45) is 1.59. The average molecular weight is 406 g/mol. The van der Waals surface area contributed by atoms with Crippen molar-refractivity contribution in [1.29, 1.82) is 0 Å². The highest BCUT2D eigenvalue weighted by molar-refractivity contribution is 6.32. The summed E-state index contributed by atoms with van der Waals surface area (Å²) in [7, 11) is 1.92. The molecule has 0 unspecified atom stereocenters. The van der Waals surface area contributed by atoms with E-state index in [1.165, 1.54) is 0 Å². The first-order valence-electron chi connectivity index (χ1n) is 9.43. The van der Waals surface area contributed by atoms with Crippen molar-refractivity contribution in [2.75, 3.05) is 69.3 Å². The van der Waals surface area contributed by atoms with Gasteiger partial charge in [-0.1, -0.05) is 17.7 Å². The molecule has 0 spiro atoms. The van der Waals surface area contributed by atoms with Crippen LogP contribution < -0.4 is 24.8 Å². The Bertz CT molecular complexity index is 882. The SMILES string of the molecule is CN(CCN1CCN(c2cccc3c2OCCO3)CC1)c1cn[nH]c(=O)c1Cl. The van der Waals surface area contributed by atoms with Crippen LogP contribution in [0.25, 0.3) is 0 Å². The number of fused-ring (bicyclic) bond motifs is 1. The van der Waals surface area contributed by atoms with Gasteiger partial charge in [0.25, 0.3) is 5.56 Å². The number of aromatic nitrogens is 2. The van der Waals surface area contributed by atoms with Gasteiger partial charge in [0.15, 0.2) is 11.5 Å². The standard InChI is InChI=1S/C19H24ClN5O3/c1-23(15-13-21-22-19(26)17(15)20)5-6-24-7-9-25(10-8-24)14-3-2-4-16-18(14)28-12-11-27-16/h2-4,13H,5-12H2,1H3,(H,22,26). The second-order valence-corrected chi connectivity index (χ2v) is 7.33. The van der Waals surface area contributed by atoms with Crippen LogP contribution in [-0.2, 0) is 0 Å². The molecular weight excluding hydrogens is 382 g/mol. The topological polar surface area (TPSA) is 73.9 Å². The summed E-state index contributed by atoms with van der Waals surface area (Å²) in [6.45, 7) is 6.62. The van der Waals surface area contributed by atoms with Crippen LogP contribution >= 0.6 is 11.6 Å². The van der Waals surface area contributed by atoms with E-state index in [0.717, 1.165) is 56.5 Å². The monoisotopic (exact) mass is 405 g/mol. The van der Waals surface area contributed by atoms with Crippen LogP contribution in [0.1, 0.15) is 0 Å². The molecule has 150 valence electrons. The van der Waals surface area contributed by atoms with Gasteiger partial charge >= 0.3 is 0 Å². The first kappa shape index (κ1) is 18.9. The van der Waals surface area contributed by atoms with E-state index in [2.05, 4.69) is 26.1 Å². The van der Waals surface area contributed by atoms with Crippen LogP contribution in [0.15, 0.2) is 29.2 Å². The first-order chi connectivity index (χ1) is 13.6. The Kier molecular flexibility index (Phi) is 5.59. The number of halogens is 1. The Balaban J connectivity index is 1.33. The molecule has 2 aromatic rings. The number of aromatic amines is 1. The number of nitrogens with one attached hydrogen (secondary N) is 1. The third-order valence-electron chi connectivity index (χ3n) is 5.20. The normalized spacial score (nSPS) is 16.9. The lowest BCUT2D eigenvalue weighted by atomic mass is 10.2. The van der Waals surface area contributed by atoms with Gasteiger partial charge in [0, 0.05) is 46.3 Å². The van der Waals surface area contributed by atoms with Crippen molar-refractivity contribution in [3.05, 3.63) is 39.8 Å². The zero-order valence-electron chi connectivity index (χ0n) is 15.9. The van der Waals surface area contributed by atoms with Crippen molar-refractivity contribution < 1.29 is 9.47 Å². The molecule has 0 saturated carbocycles. The molecule has 4 rings (SSSR count). The highest BCUT2D eigenvalue weighted by atomic mass is 35.5. The van der Waals surface area contributed by atoms with Crippen molar-refractivity contribution in [1.82, 2.24) is 15.1 Å². The van der Waals surface area contributed by atoms with Crippen molar-refractivity contribution >= 4 is 23.0 Å². The molecule has 0 bridgehead atoms. The fraction of sp³-hybridized carbons (Fsp3) is 0.474. The van der Waals surface area contributed by atoms with Gasteiger partial charge in [-0.15, -0.1) is 0 Å². The molecule has 0 aliphatic carbocycles. The maximum Gasteiger partial charge on any atom is 0.285 e. The average Bonchev–Trinajstić information content (AvgIpc) is 2.74. The van der Waals surface area contributed by atoms with Gasteiger partial charge in [0.1, 0.15) is 18.2 Å².